The molecule has 2 unspecified atom stereocenters. The smallest absolute Gasteiger partial charge is 0.163 e. The molecule has 1 N–H and O–H groups in total. The number of hydrogen-bond acceptors (Lipinski definition) is 4. The maximum absolute atomic E-state index is 10.3. The molecule has 0 saturated heterocycles. The van der Waals surface area contributed by atoms with Crippen molar-refractivity contribution in [1.82, 2.24) is 0 Å². The summed E-state index contributed by atoms with van der Waals surface area (Å²) in [7, 11) is 0. The number of fused-ring (bicyclic) bond motifs is 1. The van der Waals surface area contributed by atoms with E-state index >= 15 is 0 Å². The van der Waals surface area contributed by atoms with Gasteiger partial charge in [-0.1, -0.05) is 12.1 Å². The van der Waals surface area contributed by atoms with E-state index in [1.165, 1.54) is 11.3 Å². The molecule has 3 rings (SSSR count). The second-order valence-corrected chi connectivity index (χ2v) is 6.50. The Bertz CT molecular complexity index is 555. The number of thiophene rings is 1. The van der Waals surface area contributed by atoms with E-state index in [1.54, 1.807) is 0 Å². The Morgan fingerprint density at radius 3 is 2.72 bits per heavy atom. The molecule has 0 aliphatic carbocycles. The fourth-order valence-corrected chi connectivity index (χ4v) is 3.32. The number of para-hydroxylation sites is 2. The average Bonchev–Trinajstić information content (AvgIpc) is 2.84. The van der Waals surface area contributed by atoms with Crippen LogP contribution < -0.4 is 9.47 Å². The third-order valence-corrected chi connectivity index (χ3v) is 4.46. The minimum atomic E-state index is -0.672. The Labute approximate surface area is 117 Å². The molecule has 94 valence electrons. The van der Waals surface area contributed by atoms with Gasteiger partial charge in [-0.25, -0.2) is 0 Å². The van der Waals surface area contributed by atoms with Crippen molar-refractivity contribution < 1.29 is 14.6 Å². The summed E-state index contributed by atoms with van der Waals surface area (Å²) in [4.78, 5) is 0.870. The molecule has 2 aromatic rings. The number of ether oxygens (including phenoxy) is 2. The van der Waals surface area contributed by atoms with Crippen LogP contribution in [0.1, 0.15) is 11.0 Å². The van der Waals surface area contributed by atoms with Crippen molar-refractivity contribution in [2.45, 2.75) is 12.2 Å². The Balaban J connectivity index is 1.79. The maximum Gasteiger partial charge on any atom is 0.163 e. The molecule has 1 aromatic carbocycles. The van der Waals surface area contributed by atoms with E-state index in [4.69, 9.17) is 9.47 Å². The van der Waals surface area contributed by atoms with Gasteiger partial charge in [0.1, 0.15) is 12.7 Å². The van der Waals surface area contributed by atoms with Crippen molar-refractivity contribution in [3.8, 4) is 11.5 Å². The summed E-state index contributed by atoms with van der Waals surface area (Å²) >= 11 is 4.89. The van der Waals surface area contributed by atoms with Gasteiger partial charge in [-0.2, -0.15) is 0 Å². The third-order valence-electron chi connectivity index (χ3n) is 2.77. The Morgan fingerprint density at radius 1 is 1.22 bits per heavy atom. The molecule has 0 fully saturated rings. The molecule has 0 radical (unpaired) electrons. The second kappa shape index (κ2) is 4.91. The first-order valence-corrected chi connectivity index (χ1v) is 7.17. The lowest BCUT2D eigenvalue weighted by atomic mass is 10.1. The van der Waals surface area contributed by atoms with Crippen LogP contribution in [0.3, 0.4) is 0 Å². The molecule has 1 aromatic heterocycles. The van der Waals surface area contributed by atoms with Crippen molar-refractivity contribution in [1.29, 1.82) is 0 Å². The van der Waals surface area contributed by atoms with Gasteiger partial charge in [-0.15, -0.1) is 11.3 Å². The van der Waals surface area contributed by atoms with Crippen molar-refractivity contribution >= 4 is 27.3 Å². The highest BCUT2D eigenvalue weighted by Crippen LogP contribution is 2.36. The molecular formula is C13H11BrO3S. The predicted molar refractivity (Wildman–Crippen MR) is 73.3 cm³/mol. The van der Waals surface area contributed by atoms with Crippen LogP contribution >= 0.6 is 27.3 Å². The van der Waals surface area contributed by atoms with Crippen molar-refractivity contribution in [3.63, 3.8) is 0 Å². The zero-order valence-electron chi connectivity index (χ0n) is 9.38. The van der Waals surface area contributed by atoms with Gasteiger partial charge in [0.25, 0.3) is 0 Å². The zero-order chi connectivity index (χ0) is 12.5. The highest BCUT2D eigenvalue weighted by Gasteiger charge is 2.29. The van der Waals surface area contributed by atoms with Gasteiger partial charge in [-0.05, 0) is 40.2 Å². The first-order valence-electron chi connectivity index (χ1n) is 5.56. The van der Waals surface area contributed by atoms with Gasteiger partial charge in [0.15, 0.2) is 17.6 Å². The summed E-state index contributed by atoms with van der Waals surface area (Å²) < 4.78 is 12.4. The minimum absolute atomic E-state index is 0.355. The van der Waals surface area contributed by atoms with E-state index < -0.39 is 6.10 Å². The fraction of sp³-hybridized carbons (Fsp3) is 0.231. The van der Waals surface area contributed by atoms with Crippen molar-refractivity contribution in [2.75, 3.05) is 6.61 Å². The number of halogens is 1. The van der Waals surface area contributed by atoms with Gasteiger partial charge in [-0.3, -0.25) is 0 Å². The number of benzene rings is 1. The first kappa shape index (κ1) is 12.0. The van der Waals surface area contributed by atoms with Gasteiger partial charge < -0.3 is 14.6 Å². The van der Waals surface area contributed by atoms with Crippen LogP contribution in [0.4, 0.5) is 0 Å². The third kappa shape index (κ3) is 2.25. The van der Waals surface area contributed by atoms with E-state index in [2.05, 4.69) is 15.9 Å². The summed E-state index contributed by atoms with van der Waals surface area (Å²) in [5.74, 6) is 1.41. The summed E-state index contributed by atoms with van der Waals surface area (Å²) in [6.07, 6.45) is -1.04. The van der Waals surface area contributed by atoms with Crippen LogP contribution in [0.25, 0.3) is 0 Å². The maximum atomic E-state index is 10.3. The SMILES string of the molecule is OC(c1ccc(Br)s1)C1COc2ccccc2O1. The summed E-state index contributed by atoms with van der Waals surface area (Å²) in [6, 6.07) is 11.3. The van der Waals surface area contributed by atoms with Crippen LogP contribution in [-0.4, -0.2) is 17.8 Å². The van der Waals surface area contributed by atoms with Crippen LogP contribution in [-0.2, 0) is 0 Å². The molecule has 3 nitrogen and oxygen atoms in total. The topological polar surface area (TPSA) is 38.7 Å². The molecule has 0 amide bonds. The van der Waals surface area contributed by atoms with E-state index in [1.807, 2.05) is 36.4 Å². The van der Waals surface area contributed by atoms with E-state index in [-0.39, 0.29) is 6.10 Å². The standard InChI is InChI=1S/C13H11BrO3S/c14-12-6-5-11(18-12)13(15)10-7-16-8-3-1-2-4-9(8)17-10/h1-6,10,13,15H,7H2. The number of aliphatic hydroxyl groups is 1. The Morgan fingerprint density at radius 2 is 2.00 bits per heavy atom. The van der Waals surface area contributed by atoms with E-state index in [9.17, 15) is 5.11 Å². The number of hydrogen-bond donors (Lipinski definition) is 1. The van der Waals surface area contributed by atoms with Crippen molar-refractivity contribution in [3.05, 3.63) is 45.1 Å². The second-order valence-electron chi connectivity index (χ2n) is 4.00. The van der Waals surface area contributed by atoms with Crippen LogP contribution in [0, 0.1) is 0 Å². The van der Waals surface area contributed by atoms with Gasteiger partial charge in [0.05, 0.1) is 3.79 Å². The molecular weight excluding hydrogens is 316 g/mol. The lowest BCUT2D eigenvalue weighted by Crippen LogP contribution is -2.34. The highest BCUT2D eigenvalue weighted by molar-refractivity contribution is 9.11. The van der Waals surface area contributed by atoms with Crippen LogP contribution in [0.5, 0.6) is 11.5 Å². The molecule has 1 aliphatic heterocycles. The van der Waals surface area contributed by atoms with Crippen molar-refractivity contribution in [2.24, 2.45) is 0 Å². The number of aliphatic hydroxyl groups excluding tert-OH is 1. The highest BCUT2D eigenvalue weighted by atomic mass is 79.9. The summed E-state index contributed by atoms with van der Waals surface area (Å²) in [5, 5.41) is 10.3. The van der Waals surface area contributed by atoms with E-state index in [0.717, 1.165) is 14.4 Å². The molecule has 2 atom stereocenters. The Kier molecular flexibility index (Phi) is 3.28. The van der Waals surface area contributed by atoms with Gasteiger partial charge >= 0.3 is 0 Å². The Hall–Kier alpha value is -1.04. The van der Waals surface area contributed by atoms with E-state index in [0.29, 0.717) is 12.4 Å². The normalized spacial score (nSPS) is 19.6. The quantitative estimate of drug-likeness (QED) is 0.919. The monoisotopic (exact) mass is 326 g/mol. The van der Waals surface area contributed by atoms with Crippen LogP contribution in [0.15, 0.2) is 40.2 Å². The first-order chi connectivity index (χ1) is 8.74. The fourth-order valence-electron chi connectivity index (χ4n) is 1.86. The van der Waals surface area contributed by atoms with Gasteiger partial charge in [0.2, 0.25) is 0 Å². The summed E-state index contributed by atoms with van der Waals surface area (Å²) in [6.45, 7) is 0.355. The summed E-state index contributed by atoms with van der Waals surface area (Å²) in [5.41, 5.74) is 0. The van der Waals surface area contributed by atoms with Crippen LogP contribution in [0.2, 0.25) is 0 Å². The largest absolute Gasteiger partial charge is 0.486 e. The van der Waals surface area contributed by atoms with Gasteiger partial charge in [0, 0.05) is 4.88 Å². The molecule has 0 bridgehead atoms. The molecule has 18 heavy (non-hydrogen) atoms. The molecule has 2 heterocycles. The predicted octanol–water partition coefficient (Wildman–Crippen LogP) is 3.38. The minimum Gasteiger partial charge on any atom is -0.486 e. The molecule has 0 saturated carbocycles. The zero-order valence-corrected chi connectivity index (χ0v) is 11.8. The lowest BCUT2D eigenvalue weighted by Gasteiger charge is -2.29. The lowest BCUT2D eigenvalue weighted by molar-refractivity contribution is -0.00959. The average molecular weight is 327 g/mol. The molecule has 0 spiro atoms. The number of rotatable bonds is 2. The molecule has 5 heteroatoms. The molecule has 1 aliphatic rings.